The Morgan fingerprint density at radius 3 is 2.50 bits per heavy atom. The number of amides is 1. The van der Waals surface area contributed by atoms with Crippen LogP contribution in [0.4, 0.5) is 24.5 Å². The van der Waals surface area contributed by atoms with Gasteiger partial charge >= 0.3 is 6.18 Å². The predicted octanol–water partition coefficient (Wildman–Crippen LogP) is 2.75. The third kappa shape index (κ3) is 4.34. The largest absolute Gasteiger partial charge is 0.416 e. The lowest BCUT2D eigenvalue weighted by Crippen LogP contribution is -2.37. The number of hydrogen-bond donors (Lipinski definition) is 3. The molecule has 1 fully saturated rings. The fraction of sp³-hybridized carbons (Fsp3) is 0.500. The Bertz CT molecular complexity index is 643. The van der Waals surface area contributed by atoms with E-state index in [1.54, 1.807) is 0 Å². The highest BCUT2D eigenvalue weighted by Gasteiger charge is 2.34. The van der Waals surface area contributed by atoms with Gasteiger partial charge in [0.05, 0.1) is 22.5 Å². The lowest BCUT2D eigenvalue weighted by atomic mass is 9.98. The molecule has 24 heavy (non-hydrogen) atoms. The quantitative estimate of drug-likeness (QED) is 0.561. The number of nitrogens with one attached hydrogen (secondary N) is 2. The molecule has 1 aromatic carbocycles. The van der Waals surface area contributed by atoms with Gasteiger partial charge < -0.3 is 5.11 Å². The molecule has 10 heteroatoms. The number of halogens is 3. The average Bonchev–Trinajstić information content (AvgIpc) is 2.90. The van der Waals surface area contributed by atoms with E-state index in [4.69, 9.17) is 0 Å². The molecule has 2 rings (SSSR count). The maximum absolute atomic E-state index is 12.6. The van der Waals surface area contributed by atoms with E-state index in [9.17, 15) is 33.2 Å². The van der Waals surface area contributed by atoms with Crippen molar-refractivity contribution in [2.24, 2.45) is 0 Å². The summed E-state index contributed by atoms with van der Waals surface area (Å²) in [6.07, 6.45) is -2.31. The zero-order valence-electron chi connectivity index (χ0n) is 12.5. The molecule has 1 amide bonds. The standard InChI is InChI=1S/C14H16F3N3O4/c15-14(16,17)9-3-4-10(11(7-9)20(23)24)18-19-12(21)8-13(22)5-1-2-6-13/h3-4,7,18,22H,1-2,5-6,8H2,(H,19,21). The van der Waals surface area contributed by atoms with Gasteiger partial charge in [0.15, 0.2) is 0 Å². The number of nitro groups is 1. The number of alkyl halides is 3. The first-order chi connectivity index (χ1) is 11.1. The zero-order valence-corrected chi connectivity index (χ0v) is 12.5. The zero-order chi connectivity index (χ0) is 18.0. The molecule has 132 valence electrons. The van der Waals surface area contributed by atoms with Crippen LogP contribution in [-0.2, 0) is 11.0 Å². The Balaban J connectivity index is 2.06. The summed E-state index contributed by atoms with van der Waals surface area (Å²) in [6, 6.07) is 1.93. The summed E-state index contributed by atoms with van der Waals surface area (Å²) in [4.78, 5) is 21.7. The molecule has 7 nitrogen and oxygen atoms in total. The van der Waals surface area contributed by atoms with Crippen LogP contribution in [0.3, 0.4) is 0 Å². The van der Waals surface area contributed by atoms with Crippen LogP contribution in [0.5, 0.6) is 0 Å². The first-order valence-electron chi connectivity index (χ1n) is 7.24. The smallest absolute Gasteiger partial charge is 0.389 e. The van der Waals surface area contributed by atoms with Crippen molar-refractivity contribution in [2.45, 2.75) is 43.9 Å². The molecule has 0 unspecified atom stereocenters. The number of aliphatic hydroxyl groups is 1. The minimum atomic E-state index is -4.71. The number of carbonyl (C=O) groups is 1. The van der Waals surface area contributed by atoms with E-state index in [1.165, 1.54) is 0 Å². The van der Waals surface area contributed by atoms with E-state index in [1.807, 2.05) is 0 Å². The lowest BCUT2D eigenvalue weighted by Gasteiger charge is -2.21. The molecule has 1 saturated carbocycles. The van der Waals surface area contributed by atoms with Crippen LogP contribution in [-0.4, -0.2) is 21.5 Å². The van der Waals surface area contributed by atoms with Gasteiger partial charge in [0, 0.05) is 6.07 Å². The van der Waals surface area contributed by atoms with Crippen LogP contribution in [0.25, 0.3) is 0 Å². The van der Waals surface area contributed by atoms with Crippen molar-refractivity contribution >= 4 is 17.3 Å². The van der Waals surface area contributed by atoms with E-state index in [0.717, 1.165) is 18.9 Å². The molecule has 0 aromatic heterocycles. The summed E-state index contributed by atoms with van der Waals surface area (Å²) < 4.78 is 37.8. The summed E-state index contributed by atoms with van der Waals surface area (Å²) in [7, 11) is 0. The van der Waals surface area contributed by atoms with Crippen LogP contribution < -0.4 is 10.9 Å². The number of anilines is 1. The highest BCUT2D eigenvalue weighted by Crippen LogP contribution is 2.35. The molecule has 1 aromatic rings. The number of carbonyl (C=O) groups excluding carboxylic acids is 1. The van der Waals surface area contributed by atoms with Gasteiger partial charge in [0.1, 0.15) is 5.69 Å². The normalized spacial score (nSPS) is 16.7. The van der Waals surface area contributed by atoms with E-state index in [-0.39, 0.29) is 12.1 Å². The van der Waals surface area contributed by atoms with Gasteiger partial charge in [0.25, 0.3) is 5.69 Å². The third-order valence-electron chi connectivity index (χ3n) is 3.88. The number of rotatable bonds is 5. The van der Waals surface area contributed by atoms with Crippen molar-refractivity contribution in [1.29, 1.82) is 0 Å². The molecule has 1 aliphatic carbocycles. The highest BCUT2D eigenvalue weighted by atomic mass is 19.4. The second-order valence-electron chi connectivity index (χ2n) is 5.77. The van der Waals surface area contributed by atoms with Gasteiger partial charge in [-0.15, -0.1) is 0 Å². The summed E-state index contributed by atoms with van der Waals surface area (Å²) >= 11 is 0. The van der Waals surface area contributed by atoms with Gasteiger partial charge in [-0.25, -0.2) is 0 Å². The molecular formula is C14H16F3N3O4. The van der Waals surface area contributed by atoms with Gasteiger partial charge in [0.2, 0.25) is 5.91 Å². The molecular weight excluding hydrogens is 331 g/mol. The van der Waals surface area contributed by atoms with Crippen LogP contribution >= 0.6 is 0 Å². The van der Waals surface area contributed by atoms with Crippen LogP contribution in [0, 0.1) is 10.1 Å². The Kier molecular flexibility index (Phi) is 4.97. The van der Waals surface area contributed by atoms with Gasteiger partial charge in [-0.05, 0) is 25.0 Å². The Hall–Kier alpha value is -2.36. The molecule has 0 heterocycles. The van der Waals surface area contributed by atoms with Gasteiger partial charge in [-0.2, -0.15) is 13.2 Å². The SMILES string of the molecule is O=C(CC1(O)CCCC1)NNc1ccc(C(F)(F)F)cc1[N+](=O)[O-]. The first kappa shape index (κ1) is 18.0. The number of nitro benzene ring substituents is 1. The van der Waals surface area contributed by atoms with Crippen molar-refractivity contribution in [2.75, 3.05) is 5.43 Å². The molecule has 0 aliphatic heterocycles. The molecule has 3 N–H and O–H groups in total. The van der Waals surface area contributed by atoms with Crippen molar-refractivity contribution in [3.8, 4) is 0 Å². The van der Waals surface area contributed by atoms with Crippen LogP contribution in [0.2, 0.25) is 0 Å². The molecule has 0 bridgehead atoms. The molecule has 0 spiro atoms. The summed E-state index contributed by atoms with van der Waals surface area (Å²) in [5.74, 6) is -0.603. The Morgan fingerprint density at radius 2 is 1.96 bits per heavy atom. The molecule has 0 radical (unpaired) electrons. The van der Waals surface area contributed by atoms with E-state index >= 15 is 0 Å². The second-order valence-corrected chi connectivity index (χ2v) is 5.77. The van der Waals surface area contributed by atoms with Gasteiger partial charge in [-0.3, -0.25) is 25.8 Å². The van der Waals surface area contributed by atoms with Crippen LogP contribution in [0.1, 0.15) is 37.7 Å². The van der Waals surface area contributed by atoms with E-state index in [2.05, 4.69) is 10.9 Å². The topological polar surface area (TPSA) is 104 Å². The number of hydrazine groups is 1. The third-order valence-corrected chi connectivity index (χ3v) is 3.88. The van der Waals surface area contributed by atoms with Crippen molar-refractivity contribution in [3.63, 3.8) is 0 Å². The number of nitrogens with zero attached hydrogens (tertiary/aromatic N) is 1. The minimum absolute atomic E-state index is 0.186. The van der Waals surface area contributed by atoms with Crippen molar-refractivity contribution in [3.05, 3.63) is 33.9 Å². The number of hydrogen-bond acceptors (Lipinski definition) is 5. The maximum atomic E-state index is 12.6. The fourth-order valence-corrected chi connectivity index (χ4v) is 2.65. The van der Waals surface area contributed by atoms with Crippen LogP contribution in [0.15, 0.2) is 18.2 Å². The average molecular weight is 347 g/mol. The van der Waals surface area contributed by atoms with Crippen molar-refractivity contribution < 1.29 is 28.0 Å². The Morgan fingerprint density at radius 1 is 1.33 bits per heavy atom. The van der Waals surface area contributed by atoms with E-state index in [0.29, 0.717) is 25.0 Å². The lowest BCUT2D eigenvalue weighted by molar-refractivity contribution is -0.384. The molecule has 0 atom stereocenters. The fourth-order valence-electron chi connectivity index (χ4n) is 2.65. The molecule has 1 aliphatic rings. The summed E-state index contributed by atoms with van der Waals surface area (Å²) in [5, 5.41) is 21.0. The Labute approximate surface area is 135 Å². The second kappa shape index (κ2) is 6.63. The first-order valence-corrected chi connectivity index (χ1v) is 7.24. The molecule has 0 saturated heterocycles. The van der Waals surface area contributed by atoms with Gasteiger partial charge in [-0.1, -0.05) is 12.8 Å². The monoisotopic (exact) mass is 347 g/mol. The van der Waals surface area contributed by atoms with Crippen molar-refractivity contribution in [1.82, 2.24) is 5.43 Å². The summed E-state index contributed by atoms with van der Waals surface area (Å²) in [6.45, 7) is 0. The van der Waals surface area contributed by atoms with E-state index < -0.39 is 33.9 Å². The predicted molar refractivity (Wildman–Crippen MR) is 77.9 cm³/mol. The maximum Gasteiger partial charge on any atom is 0.416 e. The number of benzene rings is 1. The minimum Gasteiger partial charge on any atom is -0.389 e. The summed E-state index contributed by atoms with van der Waals surface area (Å²) in [5.41, 5.74) is 1.06. The highest BCUT2D eigenvalue weighted by molar-refractivity contribution is 5.79.